The fourth-order valence-corrected chi connectivity index (χ4v) is 2.49. The predicted octanol–water partition coefficient (Wildman–Crippen LogP) is 1.49. The summed E-state index contributed by atoms with van der Waals surface area (Å²) in [6.45, 7) is 2.38. The van der Waals surface area contributed by atoms with Crippen molar-refractivity contribution < 1.29 is 5.11 Å². The van der Waals surface area contributed by atoms with E-state index in [9.17, 15) is 5.11 Å². The van der Waals surface area contributed by atoms with Crippen LogP contribution in [0.1, 0.15) is 18.4 Å². The lowest BCUT2D eigenvalue weighted by atomic mass is 9.89. The number of aliphatic hydroxyl groups is 1. The first-order valence-electron chi connectivity index (χ1n) is 6.25. The van der Waals surface area contributed by atoms with Crippen molar-refractivity contribution in [3.63, 3.8) is 0 Å². The number of hydrogen-bond acceptors (Lipinski definition) is 2. The van der Waals surface area contributed by atoms with Gasteiger partial charge in [-0.2, -0.15) is 0 Å². The third-order valence-electron chi connectivity index (χ3n) is 3.64. The van der Waals surface area contributed by atoms with Gasteiger partial charge in [-0.15, -0.1) is 0 Å². The molecule has 0 atom stereocenters. The molecular weight excluding hydrogens is 210 g/mol. The van der Waals surface area contributed by atoms with Gasteiger partial charge in [-0.25, -0.2) is 0 Å². The maximum atomic E-state index is 10.1. The molecule has 17 heavy (non-hydrogen) atoms. The number of nitrogens with zero attached hydrogens (tertiary/aromatic N) is 1. The molecule has 0 spiro atoms. The van der Waals surface area contributed by atoms with Gasteiger partial charge >= 0.3 is 0 Å². The monoisotopic (exact) mass is 227 g/mol. The molecule has 2 nitrogen and oxygen atoms in total. The maximum absolute atomic E-state index is 10.1. The summed E-state index contributed by atoms with van der Waals surface area (Å²) < 4.78 is 0. The molecule has 88 valence electrons. The normalized spacial score (nSPS) is 22.4. The highest BCUT2D eigenvalue weighted by molar-refractivity contribution is 5.34. The predicted molar refractivity (Wildman–Crippen MR) is 67.4 cm³/mol. The summed E-state index contributed by atoms with van der Waals surface area (Å²) in [6, 6.07) is 10.0. The van der Waals surface area contributed by atoms with E-state index in [1.807, 2.05) is 30.3 Å². The molecule has 1 saturated carbocycles. The Labute approximate surface area is 102 Å². The van der Waals surface area contributed by atoms with Gasteiger partial charge in [-0.3, -0.25) is 4.90 Å². The van der Waals surface area contributed by atoms with Crippen molar-refractivity contribution in [2.24, 2.45) is 5.92 Å². The van der Waals surface area contributed by atoms with Gasteiger partial charge < -0.3 is 5.11 Å². The highest BCUT2D eigenvalue weighted by Gasteiger charge is 2.51. The van der Waals surface area contributed by atoms with Gasteiger partial charge in [-0.05, 0) is 30.9 Å². The average molecular weight is 227 g/mol. The van der Waals surface area contributed by atoms with Gasteiger partial charge in [0.25, 0.3) is 0 Å². The Hall–Kier alpha value is -1.30. The Morgan fingerprint density at radius 1 is 1.24 bits per heavy atom. The maximum Gasteiger partial charge on any atom is 0.0928 e. The molecule has 1 aliphatic heterocycles. The van der Waals surface area contributed by atoms with E-state index in [1.54, 1.807) is 0 Å². The molecule has 0 aromatic heterocycles. The van der Waals surface area contributed by atoms with E-state index in [4.69, 9.17) is 0 Å². The molecule has 1 heterocycles. The van der Waals surface area contributed by atoms with Crippen molar-refractivity contribution >= 4 is 0 Å². The van der Waals surface area contributed by atoms with Crippen LogP contribution in [0.3, 0.4) is 0 Å². The highest BCUT2D eigenvalue weighted by Crippen LogP contribution is 2.44. The summed E-state index contributed by atoms with van der Waals surface area (Å²) in [4.78, 5) is 2.22. The fraction of sp³-hybridized carbons (Fsp3) is 0.467. The Kier molecular flexibility index (Phi) is 2.66. The Morgan fingerprint density at radius 2 is 1.94 bits per heavy atom. The zero-order valence-electron chi connectivity index (χ0n) is 9.89. The molecular formula is C15H17NO. The van der Waals surface area contributed by atoms with E-state index in [1.165, 1.54) is 12.8 Å². The largest absolute Gasteiger partial charge is 0.387 e. The van der Waals surface area contributed by atoms with E-state index in [2.05, 4.69) is 16.7 Å². The van der Waals surface area contributed by atoms with Crippen molar-refractivity contribution in [1.29, 1.82) is 0 Å². The van der Waals surface area contributed by atoms with Crippen molar-refractivity contribution in [3.8, 4) is 11.8 Å². The van der Waals surface area contributed by atoms with Crippen LogP contribution >= 0.6 is 0 Å². The molecule has 0 unspecified atom stereocenters. The van der Waals surface area contributed by atoms with Crippen LogP contribution in [-0.2, 0) is 0 Å². The molecule has 2 fully saturated rings. The molecule has 0 radical (unpaired) electrons. The zero-order valence-corrected chi connectivity index (χ0v) is 9.89. The smallest absolute Gasteiger partial charge is 0.0928 e. The van der Waals surface area contributed by atoms with Gasteiger partial charge in [0.2, 0.25) is 0 Å². The molecule has 1 aliphatic carbocycles. The molecule has 0 amide bonds. The third kappa shape index (κ3) is 2.36. The first kappa shape index (κ1) is 10.8. The standard InChI is InChI=1S/C15H17NO/c17-15(14-8-9-14)11-16(12-15)10-4-7-13-5-2-1-3-6-13/h1-3,5-6,14,17H,8-12H2. The second-order valence-electron chi connectivity index (χ2n) is 5.19. The number of hydrogen-bond donors (Lipinski definition) is 1. The minimum Gasteiger partial charge on any atom is -0.387 e. The van der Waals surface area contributed by atoms with Crippen LogP contribution in [-0.4, -0.2) is 35.2 Å². The van der Waals surface area contributed by atoms with E-state index in [-0.39, 0.29) is 5.60 Å². The molecule has 2 aliphatic rings. The van der Waals surface area contributed by atoms with Crippen LogP contribution in [0.25, 0.3) is 0 Å². The molecule has 0 bridgehead atoms. The van der Waals surface area contributed by atoms with Crippen LogP contribution in [0.15, 0.2) is 30.3 Å². The van der Waals surface area contributed by atoms with Gasteiger partial charge in [0.15, 0.2) is 0 Å². The van der Waals surface area contributed by atoms with Gasteiger partial charge in [0, 0.05) is 18.7 Å². The van der Waals surface area contributed by atoms with Crippen molar-refractivity contribution in [2.45, 2.75) is 18.4 Å². The Morgan fingerprint density at radius 3 is 2.59 bits per heavy atom. The van der Waals surface area contributed by atoms with Crippen molar-refractivity contribution in [3.05, 3.63) is 35.9 Å². The summed E-state index contributed by atoms with van der Waals surface area (Å²) in [6.07, 6.45) is 2.42. The lowest BCUT2D eigenvalue weighted by Gasteiger charge is -2.46. The SMILES string of the molecule is OC1(C2CC2)CN(CC#Cc2ccccc2)C1. The lowest BCUT2D eigenvalue weighted by molar-refractivity contribution is -0.107. The van der Waals surface area contributed by atoms with E-state index < -0.39 is 0 Å². The molecule has 1 saturated heterocycles. The van der Waals surface area contributed by atoms with Gasteiger partial charge in [0.05, 0.1) is 12.1 Å². The van der Waals surface area contributed by atoms with E-state index in [0.717, 1.165) is 25.2 Å². The van der Waals surface area contributed by atoms with E-state index in [0.29, 0.717) is 5.92 Å². The summed E-state index contributed by atoms with van der Waals surface area (Å²) in [5.41, 5.74) is 0.680. The summed E-state index contributed by atoms with van der Waals surface area (Å²) in [5.74, 6) is 6.88. The second kappa shape index (κ2) is 4.18. The van der Waals surface area contributed by atoms with Crippen LogP contribution in [0.2, 0.25) is 0 Å². The quantitative estimate of drug-likeness (QED) is 0.774. The molecule has 1 N–H and O–H groups in total. The Bertz CT molecular complexity index is 447. The van der Waals surface area contributed by atoms with Crippen molar-refractivity contribution in [2.75, 3.05) is 19.6 Å². The van der Waals surface area contributed by atoms with Gasteiger partial charge in [-0.1, -0.05) is 30.0 Å². The fourth-order valence-electron chi connectivity index (χ4n) is 2.49. The van der Waals surface area contributed by atoms with Crippen LogP contribution in [0, 0.1) is 17.8 Å². The van der Waals surface area contributed by atoms with Crippen LogP contribution in [0.4, 0.5) is 0 Å². The zero-order chi connectivity index (χ0) is 11.7. The summed E-state index contributed by atoms with van der Waals surface area (Å²) in [5, 5.41) is 10.1. The molecule has 3 rings (SSSR count). The highest BCUT2D eigenvalue weighted by atomic mass is 16.3. The number of likely N-dealkylation sites (tertiary alicyclic amines) is 1. The molecule has 1 aromatic rings. The average Bonchev–Trinajstić information content (AvgIpc) is 3.12. The van der Waals surface area contributed by atoms with Gasteiger partial charge in [0.1, 0.15) is 0 Å². The Balaban J connectivity index is 1.49. The van der Waals surface area contributed by atoms with Crippen LogP contribution in [0.5, 0.6) is 0 Å². The topological polar surface area (TPSA) is 23.5 Å². The minimum atomic E-state index is -0.381. The first-order chi connectivity index (χ1) is 8.26. The number of benzene rings is 1. The molecule has 2 heteroatoms. The summed E-state index contributed by atoms with van der Waals surface area (Å²) >= 11 is 0. The van der Waals surface area contributed by atoms with Crippen LogP contribution < -0.4 is 0 Å². The lowest BCUT2D eigenvalue weighted by Crippen LogP contribution is -2.62. The number of β-amino-alcohol motifs (C(OH)–C–C–N with tert-alkyl or cyclic N) is 1. The van der Waals surface area contributed by atoms with E-state index >= 15 is 0 Å². The summed E-state index contributed by atoms with van der Waals surface area (Å²) in [7, 11) is 0. The minimum absolute atomic E-state index is 0.381. The third-order valence-corrected chi connectivity index (χ3v) is 3.64. The second-order valence-corrected chi connectivity index (χ2v) is 5.19. The number of rotatable bonds is 2. The van der Waals surface area contributed by atoms with Crippen molar-refractivity contribution in [1.82, 2.24) is 4.90 Å². The first-order valence-corrected chi connectivity index (χ1v) is 6.25. The molecule has 1 aromatic carbocycles.